The van der Waals surface area contributed by atoms with Crippen LogP contribution in [-0.2, 0) is 6.42 Å². The topological polar surface area (TPSA) is 72.4 Å². The Morgan fingerprint density at radius 1 is 1.12 bits per heavy atom. The predicted octanol–water partition coefficient (Wildman–Crippen LogP) is 3.42. The van der Waals surface area contributed by atoms with Gasteiger partial charge in [0, 0.05) is 25.1 Å². The highest BCUT2D eigenvalue weighted by Crippen LogP contribution is 2.15. The average molecular weight is 325 g/mol. The molecule has 0 unspecified atom stereocenters. The van der Waals surface area contributed by atoms with Gasteiger partial charge in [-0.1, -0.05) is 42.4 Å². The lowest BCUT2D eigenvalue weighted by atomic mass is 10.2. The summed E-state index contributed by atoms with van der Waals surface area (Å²) in [6.45, 7) is 3.19. The summed E-state index contributed by atoms with van der Waals surface area (Å²) in [7, 11) is 0. The highest BCUT2D eigenvalue weighted by Gasteiger charge is 2.18. The van der Waals surface area contributed by atoms with E-state index in [1.165, 1.54) is 6.26 Å². The molecule has 2 heterocycles. The zero-order valence-corrected chi connectivity index (χ0v) is 13.5. The SMILES string of the molecule is CCCN(CCc1nc(-c2ccccc2)no1)C(=O)c1ccco1. The molecule has 2 aromatic heterocycles. The van der Waals surface area contributed by atoms with Gasteiger partial charge in [-0.05, 0) is 18.6 Å². The maximum absolute atomic E-state index is 12.4. The van der Waals surface area contributed by atoms with E-state index in [1.807, 2.05) is 37.3 Å². The fourth-order valence-electron chi connectivity index (χ4n) is 2.43. The van der Waals surface area contributed by atoms with Gasteiger partial charge in [-0.25, -0.2) is 0 Å². The largest absolute Gasteiger partial charge is 0.459 e. The van der Waals surface area contributed by atoms with Gasteiger partial charge in [-0.15, -0.1) is 0 Å². The van der Waals surface area contributed by atoms with Gasteiger partial charge >= 0.3 is 0 Å². The van der Waals surface area contributed by atoms with Crippen LogP contribution >= 0.6 is 0 Å². The van der Waals surface area contributed by atoms with E-state index < -0.39 is 0 Å². The van der Waals surface area contributed by atoms with Crippen LogP contribution in [0.5, 0.6) is 0 Å². The van der Waals surface area contributed by atoms with Crippen LogP contribution in [-0.4, -0.2) is 34.0 Å². The van der Waals surface area contributed by atoms with E-state index >= 15 is 0 Å². The number of hydrogen-bond donors (Lipinski definition) is 0. The van der Waals surface area contributed by atoms with Crippen molar-refractivity contribution in [3.63, 3.8) is 0 Å². The van der Waals surface area contributed by atoms with Gasteiger partial charge < -0.3 is 13.8 Å². The third kappa shape index (κ3) is 3.71. The molecule has 0 aliphatic carbocycles. The molecule has 0 N–H and O–H groups in total. The van der Waals surface area contributed by atoms with Crippen LogP contribution < -0.4 is 0 Å². The lowest BCUT2D eigenvalue weighted by Gasteiger charge is -2.19. The molecule has 0 atom stereocenters. The minimum Gasteiger partial charge on any atom is -0.459 e. The molecule has 3 aromatic rings. The number of amides is 1. The maximum atomic E-state index is 12.4. The molecule has 0 spiro atoms. The summed E-state index contributed by atoms with van der Waals surface area (Å²) in [4.78, 5) is 18.5. The van der Waals surface area contributed by atoms with E-state index in [0.29, 0.717) is 37.0 Å². The van der Waals surface area contributed by atoms with Crippen molar-refractivity contribution in [2.24, 2.45) is 0 Å². The van der Waals surface area contributed by atoms with Gasteiger partial charge in [-0.2, -0.15) is 4.98 Å². The molecular formula is C18H19N3O3. The first-order valence-electron chi connectivity index (χ1n) is 7.98. The Kier molecular flexibility index (Phi) is 5.05. The van der Waals surface area contributed by atoms with E-state index in [4.69, 9.17) is 8.94 Å². The molecule has 0 radical (unpaired) electrons. The van der Waals surface area contributed by atoms with E-state index in [2.05, 4.69) is 10.1 Å². The molecule has 1 amide bonds. The molecule has 0 bridgehead atoms. The molecule has 124 valence electrons. The van der Waals surface area contributed by atoms with Crippen LogP contribution in [0.3, 0.4) is 0 Å². The molecule has 6 nitrogen and oxygen atoms in total. The zero-order chi connectivity index (χ0) is 16.8. The summed E-state index contributed by atoms with van der Waals surface area (Å²) in [6, 6.07) is 13.0. The highest BCUT2D eigenvalue weighted by molar-refractivity contribution is 5.91. The first kappa shape index (κ1) is 16.0. The first-order valence-corrected chi connectivity index (χ1v) is 7.98. The fourth-order valence-corrected chi connectivity index (χ4v) is 2.43. The van der Waals surface area contributed by atoms with Crippen molar-refractivity contribution in [2.75, 3.05) is 13.1 Å². The summed E-state index contributed by atoms with van der Waals surface area (Å²) < 4.78 is 10.5. The van der Waals surface area contributed by atoms with Crippen molar-refractivity contribution in [3.05, 3.63) is 60.4 Å². The van der Waals surface area contributed by atoms with Crippen molar-refractivity contribution in [3.8, 4) is 11.4 Å². The predicted molar refractivity (Wildman–Crippen MR) is 88.3 cm³/mol. The minimum atomic E-state index is -0.121. The smallest absolute Gasteiger partial charge is 0.289 e. The third-order valence-electron chi connectivity index (χ3n) is 3.61. The highest BCUT2D eigenvalue weighted by atomic mass is 16.5. The minimum absolute atomic E-state index is 0.121. The molecule has 0 aliphatic rings. The summed E-state index contributed by atoms with van der Waals surface area (Å²) in [5.74, 6) is 1.30. The molecule has 0 saturated carbocycles. The lowest BCUT2D eigenvalue weighted by molar-refractivity contribution is 0.0722. The number of nitrogens with zero attached hydrogens (tertiary/aromatic N) is 3. The van der Waals surface area contributed by atoms with E-state index in [-0.39, 0.29) is 5.91 Å². The number of hydrogen-bond acceptors (Lipinski definition) is 5. The van der Waals surface area contributed by atoms with Crippen molar-refractivity contribution in [1.29, 1.82) is 0 Å². The summed E-state index contributed by atoms with van der Waals surface area (Å²) >= 11 is 0. The molecule has 0 fully saturated rings. The van der Waals surface area contributed by atoms with Crippen LogP contribution in [0.15, 0.2) is 57.7 Å². The zero-order valence-electron chi connectivity index (χ0n) is 13.5. The number of carbonyl (C=O) groups is 1. The maximum Gasteiger partial charge on any atom is 0.289 e. The lowest BCUT2D eigenvalue weighted by Crippen LogP contribution is -2.33. The normalized spacial score (nSPS) is 10.7. The Hall–Kier alpha value is -2.89. The number of rotatable bonds is 7. The number of benzene rings is 1. The van der Waals surface area contributed by atoms with Gasteiger partial charge in [0.05, 0.1) is 6.26 Å². The van der Waals surface area contributed by atoms with Crippen LogP contribution in [0, 0.1) is 0 Å². The van der Waals surface area contributed by atoms with Crippen LogP contribution in [0.4, 0.5) is 0 Å². The van der Waals surface area contributed by atoms with Crippen LogP contribution in [0.2, 0.25) is 0 Å². The second kappa shape index (κ2) is 7.59. The molecule has 3 rings (SSSR count). The Balaban J connectivity index is 1.65. The van der Waals surface area contributed by atoms with Crippen molar-refractivity contribution >= 4 is 5.91 Å². The quantitative estimate of drug-likeness (QED) is 0.665. The van der Waals surface area contributed by atoms with Crippen LogP contribution in [0.25, 0.3) is 11.4 Å². The van der Waals surface area contributed by atoms with Gasteiger partial charge in [0.1, 0.15) is 0 Å². The standard InChI is InChI=1S/C18H19N3O3/c1-2-11-21(18(22)15-9-6-13-23-15)12-10-16-19-17(20-24-16)14-7-4-3-5-8-14/h3-9,13H,2,10-12H2,1H3. The Morgan fingerprint density at radius 2 is 1.96 bits per heavy atom. The van der Waals surface area contributed by atoms with Gasteiger partial charge in [-0.3, -0.25) is 4.79 Å². The molecule has 6 heteroatoms. The van der Waals surface area contributed by atoms with E-state index in [0.717, 1.165) is 12.0 Å². The molecular weight excluding hydrogens is 306 g/mol. The monoisotopic (exact) mass is 325 g/mol. The van der Waals surface area contributed by atoms with Gasteiger partial charge in [0.15, 0.2) is 5.76 Å². The average Bonchev–Trinajstić information content (AvgIpc) is 3.30. The van der Waals surface area contributed by atoms with Crippen molar-refractivity contribution in [2.45, 2.75) is 19.8 Å². The number of furan rings is 1. The van der Waals surface area contributed by atoms with Crippen LogP contribution in [0.1, 0.15) is 29.8 Å². The van der Waals surface area contributed by atoms with Crippen molar-refractivity contribution in [1.82, 2.24) is 15.0 Å². The second-order valence-electron chi connectivity index (χ2n) is 5.40. The Morgan fingerprint density at radius 3 is 2.67 bits per heavy atom. The fraction of sp³-hybridized carbons (Fsp3) is 0.278. The summed E-state index contributed by atoms with van der Waals surface area (Å²) in [5.41, 5.74) is 0.907. The molecule has 1 aromatic carbocycles. The number of aromatic nitrogens is 2. The second-order valence-corrected chi connectivity index (χ2v) is 5.40. The van der Waals surface area contributed by atoms with Gasteiger partial charge in [0.25, 0.3) is 5.91 Å². The molecule has 0 aliphatic heterocycles. The van der Waals surface area contributed by atoms with E-state index in [9.17, 15) is 4.79 Å². The summed E-state index contributed by atoms with van der Waals surface area (Å²) in [6.07, 6.45) is 2.87. The Bertz CT molecular complexity index is 766. The first-order chi connectivity index (χ1) is 11.8. The molecule has 24 heavy (non-hydrogen) atoms. The Labute approximate surface area is 140 Å². The van der Waals surface area contributed by atoms with E-state index in [1.54, 1.807) is 17.0 Å². The summed E-state index contributed by atoms with van der Waals surface area (Å²) in [5, 5.41) is 4.00. The third-order valence-corrected chi connectivity index (χ3v) is 3.61. The molecule has 0 saturated heterocycles. The number of carbonyl (C=O) groups excluding carboxylic acids is 1. The van der Waals surface area contributed by atoms with Crippen molar-refractivity contribution < 1.29 is 13.7 Å². The van der Waals surface area contributed by atoms with Gasteiger partial charge in [0.2, 0.25) is 11.7 Å².